The zero-order valence-corrected chi connectivity index (χ0v) is 18.9. The average molecular weight is 459 g/mol. The van der Waals surface area contributed by atoms with Crippen LogP contribution >= 0.6 is 0 Å². The fourth-order valence-electron chi connectivity index (χ4n) is 4.69. The molecule has 3 atom stereocenters. The maximum atomic E-state index is 15.3. The van der Waals surface area contributed by atoms with Gasteiger partial charge in [-0.1, -0.05) is 5.16 Å². The second-order valence-electron chi connectivity index (χ2n) is 8.67. The second kappa shape index (κ2) is 8.83. The SMILES string of the molecule is COc1cc(F)c2nc(N3CC[C@@H](N[C@H]4CCOC4)[C@@H](F)C3)c(-c3nc(C)no3)c(C)c2c1. The number of aromatic nitrogens is 3. The van der Waals surface area contributed by atoms with Crippen LogP contribution in [0.25, 0.3) is 22.4 Å². The summed E-state index contributed by atoms with van der Waals surface area (Å²) >= 11 is 0. The fraction of sp³-hybridized carbons (Fsp3) is 0.522. The highest BCUT2D eigenvalue weighted by Crippen LogP contribution is 2.39. The van der Waals surface area contributed by atoms with Crippen molar-refractivity contribution in [2.75, 3.05) is 38.3 Å². The lowest BCUT2D eigenvalue weighted by Gasteiger charge is -2.37. The molecular weight excluding hydrogens is 432 g/mol. The number of anilines is 1. The number of piperidine rings is 1. The molecule has 3 aromatic rings. The van der Waals surface area contributed by atoms with E-state index in [-0.39, 0.29) is 30.0 Å². The molecule has 0 amide bonds. The summed E-state index contributed by atoms with van der Waals surface area (Å²) in [6, 6.07) is 2.95. The first kappa shape index (κ1) is 22.0. The van der Waals surface area contributed by atoms with Crippen LogP contribution in [-0.2, 0) is 4.74 Å². The molecule has 1 N–H and O–H groups in total. The zero-order valence-electron chi connectivity index (χ0n) is 18.9. The van der Waals surface area contributed by atoms with Gasteiger partial charge in [-0.25, -0.2) is 13.8 Å². The highest BCUT2D eigenvalue weighted by molar-refractivity contribution is 5.93. The number of pyridine rings is 1. The predicted molar refractivity (Wildman–Crippen MR) is 119 cm³/mol. The number of hydrogen-bond donors (Lipinski definition) is 1. The van der Waals surface area contributed by atoms with E-state index < -0.39 is 12.0 Å². The minimum atomic E-state index is -1.12. The van der Waals surface area contributed by atoms with Crippen LogP contribution in [0.3, 0.4) is 0 Å². The summed E-state index contributed by atoms with van der Waals surface area (Å²) in [6.07, 6.45) is 0.362. The van der Waals surface area contributed by atoms with Crippen LogP contribution in [0.4, 0.5) is 14.6 Å². The molecule has 4 heterocycles. The summed E-state index contributed by atoms with van der Waals surface area (Å²) in [5, 5.41) is 7.88. The van der Waals surface area contributed by atoms with Crippen LogP contribution in [-0.4, -0.2) is 66.8 Å². The van der Waals surface area contributed by atoms with Crippen molar-refractivity contribution in [1.82, 2.24) is 20.4 Å². The van der Waals surface area contributed by atoms with Gasteiger partial charge in [-0.3, -0.25) is 0 Å². The Bertz CT molecular complexity index is 1160. The normalized spacial score (nSPS) is 23.4. The molecule has 0 radical (unpaired) electrons. The number of alkyl halides is 1. The number of methoxy groups -OCH3 is 1. The van der Waals surface area contributed by atoms with Gasteiger partial charge in [0, 0.05) is 36.7 Å². The van der Waals surface area contributed by atoms with Gasteiger partial charge in [-0.15, -0.1) is 0 Å². The smallest absolute Gasteiger partial charge is 0.261 e. The van der Waals surface area contributed by atoms with Crippen LogP contribution in [0.15, 0.2) is 16.7 Å². The first-order chi connectivity index (χ1) is 15.9. The molecule has 0 spiro atoms. The van der Waals surface area contributed by atoms with Crippen LogP contribution < -0.4 is 15.0 Å². The third kappa shape index (κ3) is 4.13. The standard InChI is InChI=1S/C23H27F2N5O3/c1-12-16-8-15(31-3)9-17(24)21(16)28-22(20(12)23-26-13(2)29-33-23)30-6-4-19(18(25)10-30)27-14-5-7-32-11-14/h8-9,14,18-19,27H,4-7,10-11H2,1-3H3/t14-,18-,19+/m0/s1. The van der Waals surface area contributed by atoms with Crippen LogP contribution in [0.5, 0.6) is 5.75 Å². The van der Waals surface area contributed by atoms with Gasteiger partial charge in [0.15, 0.2) is 11.6 Å². The third-order valence-corrected chi connectivity index (χ3v) is 6.45. The number of nitrogens with zero attached hydrogens (tertiary/aromatic N) is 4. The Balaban J connectivity index is 1.55. The van der Waals surface area contributed by atoms with Crippen molar-refractivity contribution < 1.29 is 22.8 Å². The molecule has 10 heteroatoms. The first-order valence-electron chi connectivity index (χ1n) is 11.2. The number of nitrogens with one attached hydrogen (secondary N) is 1. The van der Waals surface area contributed by atoms with E-state index in [0.717, 1.165) is 12.0 Å². The lowest BCUT2D eigenvalue weighted by atomic mass is 9.98. The Kier molecular flexibility index (Phi) is 5.88. The number of fused-ring (bicyclic) bond motifs is 1. The molecule has 5 rings (SSSR count). The van der Waals surface area contributed by atoms with Crippen molar-refractivity contribution in [3.63, 3.8) is 0 Å². The monoisotopic (exact) mass is 459 g/mol. The highest BCUT2D eigenvalue weighted by Gasteiger charge is 2.34. The number of hydrogen-bond acceptors (Lipinski definition) is 8. The number of benzene rings is 1. The second-order valence-corrected chi connectivity index (χ2v) is 8.67. The summed E-state index contributed by atoms with van der Waals surface area (Å²) in [5.74, 6) is 1.07. The molecule has 0 unspecified atom stereocenters. The van der Waals surface area contributed by atoms with Gasteiger partial charge in [0.05, 0.1) is 25.8 Å². The van der Waals surface area contributed by atoms with Crippen LogP contribution in [0.1, 0.15) is 24.2 Å². The van der Waals surface area contributed by atoms with Gasteiger partial charge in [0.2, 0.25) is 0 Å². The van der Waals surface area contributed by atoms with Crippen molar-refractivity contribution in [3.8, 4) is 17.2 Å². The van der Waals surface area contributed by atoms with Gasteiger partial charge >= 0.3 is 0 Å². The number of rotatable bonds is 5. The van der Waals surface area contributed by atoms with Gasteiger partial charge < -0.3 is 24.2 Å². The van der Waals surface area contributed by atoms with E-state index in [9.17, 15) is 4.39 Å². The highest BCUT2D eigenvalue weighted by atomic mass is 19.1. The molecule has 33 heavy (non-hydrogen) atoms. The molecule has 176 valence electrons. The minimum Gasteiger partial charge on any atom is -0.497 e. The molecule has 8 nitrogen and oxygen atoms in total. The molecule has 0 bridgehead atoms. The van der Waals surface area contributed by atoms with E-state index in [0.29, 0.717) is 54.5 Å². The largest absolute Gasteiger partial charge is 0.497 e. The number of halogens is 2. The Morgan fingerprint density at radius 3 is 2.73 bits per heavy atom. The van der Waals surface area contributed by atoms with Crippen LogP contribution in [0, 0.1) is 19.7 Å². The van der Waals surface area contributed by atoms with Crippen molar-refractivity contribution in [3.05, 3.63) is 29.3 Å². The lowest BCUT2D eigenvalue weighted by Crippen LogP contribution is -2.54. The Hall–Kier alpha value is -2.85. The molecule has 2 fully saturated rings. The first-order valence-corrected chi connectivity index (χ1v) is 11.2. The van der Waals surface area contributed by atoms with Crippen LogP contribution in [0.2, 0.25) is 0 Å². The maximum Gasteiger partial charge on any atom is 0.261 e. The number of aryl methyl sites for hydroxylation is 2. The average Bonchev–Trinajstić information content (AvgIpc) is 3.47. The van der Waals surface area contributed by atoms with E-state index in [4.69, 9.17) is 14.0 Å². The third-order valence-electron chi connectivity index (χ3n) is 6.45. The van der Waals surface area contributed by atoms with Crippen molar-refractivity contribution in [1.29, 1.82) is 0 Å². The van der Waals surface area contributed by atoms with Gasteiger partial charge in [0.1, 0.15) is 23.3 Å². The Morgan fingerprint density at radius 2 is 2.06 bits per heavy atom. The summed E-state index contributed by atoms with van der Waals surface area (Å²) in [7, 11) is 1.48. The molecule has 2 aliphatic heterocycles. The van der Waals surface area contributed by atoms with Crippen molar-refractivity contribution in [2.24, 2.45) is 0 Å². The molecule has 1 aromatic carbocycles. The summed E-state index contributed by atoms with van der Waals surface area (Å²) in [5.41, 5.74) is 1.50. The molecule has 2 aliphatic rings. The summed E-state index contributed by atoms with van der Waals surface area (Å²) < 4.78 is 46.3. The fourth-order valence-corrected chi connectivity index (χ4v) is 4.69. The predicted octanol–water partition coefficient (Wildman–Crippen LogP) is 3.34. The van der Waals surface area contributed by atoms with Gasteiger partial charge in [-0.05, 0) is 38.3 Å². The Labute approximate surface area is 190 Å². The summed E-state index contributed by atoms with van der Waals surface area (Å²) in [6.45, 7) is 5.57. The minimum absolute atomic E-state index is 0.126. The summed E-state index contributed by atoms with van der Waals surface area (Å²) in [4.78, 5) is 10.9. The van der Waals surface area contributed by atoms with E-state index in [2.05, 4.69) is 20.4 Å². The number of ether oxygens (including phenoxy) is 2. The molecular formula is C23H27F2N5O3. The molecule has 0 aliphatic carbocycles. The van der Waals surface area contributed by atoms with Gasteiger partial charge in [-0.2, -0.15) is 4.98 Å². The maximum absolute atomic E-state index is 15.3. The lowest BCUT2D eigenvalue weighted by molar-refractivity contribution is 0.172. The topological polar surface area (TPSA) is 85.5 Å². The quantitative estimate of drug-likeness (QED) is 0.622. The van der Waals surface area contributed by atoms with Crippen molar-refractivity contribution >= 4 is 16.7 Å². The Morgan fingerprint density at radius 1 is 1.21 bits per heavy atom. The van der Waals surface area contributed by atoms with E-state index in [1.54, 1.807) is 13.0 Å². The van der Waals surface area contributed by atoms with E-state index in [1.165, 1.54) is 13.2 Å². The van der Waals surface area contributed by atoms with Crippen molar-refractivity contribution in [2.45, 2.75) is 44.9 Å². The molecule has 2 aromatic heterocycles. The molecule has 2 saturated heterocycles. The van der Waals surface area contributed by atoms with E-state index in [1.807, 2.05) is 11.8 Å². The molecule has 0 saturated carbocycles. The van der Waals surface area contributed by atoms with Gasteiger partial charge in [0.25, 0.3) is 5.89 Å². The zero-order chi connectivity index (χ0) is 23.1. The van der Waals surface area contributed by atoms with E-state index >= 15 is 4.39 Å².